The van der Waals surface area contributed by atoms with Crippen molar-refractivity contribution in [1.82, 2.24) is 20.6 Å². The second-order valence-corrected chi connectivity index (χ2v) is 5.87. The van der Waals surface area contributed by atoms with Gasteiger partial charge >= 0.3 is 0 Å². The molecule has 0 unspecified atom stereocenters. The van der Waals surface area contributed by atoms with Gasteiger partial charge in [0.05, 0.1) is 0 Å². The fourth-order valence-corrected chi connectivity index (χ4v) is 2.40. The molecule has 0 aliphatic heterocycles. The summed E-state index contributed by atoms with van der Waals surface area (Å²) in [5, 5.41) is 7.14. The van der Waals surface area contributed by atoms with E-state index in [0.717, 1.165) is 44.0 Å². The number of guanidine groups is 1. The van der Waals surface area contributed by atoms with Gasteiger partial charge in [-0.2, -0.15) is 0 Å². The fourth-order valence-electron chi connectivity index (χ4n) is 2.29. The number of hydrogen-bond acceptors (Lipinski definition) is 3. The molecule has 0 aliphatic carbocycles. The monoisotopic (exact) mass is 473 g/mol. The van der Waals surface area contributed by atoms with Crippen LogP contribution in [0.3, 0.4) is 0 Å². The van der Waals surface area contributed by atoms with Gasteiger partial charge in [-0.05, 0) is 55.5 Å². The van der Waals surface area contributed by atoms with Crippen LogP contribution in [0.25, 0.3) is 0 Å². The summed E-state index contributed by atoms with van der Waals surface area (Å²) >= 11 is 5.80. The molecule has 136 valence electrons. The van der Waals surface area contributed by atoms with Gasteiger partial charge in [-0.3, -0.25) is 9.98 Å². The average molecular weight is 474 g/mol. The molecule has 25 heavy (non-hydrogen) atoms. The summed E-state index contributed by atoms with van der Waals surface area (Å²) in [7, 11) is 0. The maximum absolute atomic E-state index is 5.80. The highest BCUT2D eigenvalue weighted by Crippen LogP contribution is 2.06. The van der Waals surface area contributed by atoms with E-state index < -0.39 is 0 Å². The molecule has 7 heteroatoms. The van der Waals surface area contributed by atoms with Crippen molar-refractivity contribution in [1.29, 1.82) is 0 Å². The molecule has 0 amide bonds. The zero-order valence-electron chi connectivity index (χ0n) is 14.6. The zero-order chi connectivity index (χ0) is 17.2. The average Bonchev–Trinajstić information content (AvgIpc) is 2.58. The largest absolute Gasteiger partial charge is 0.357 e. The van der Waals surface area contributed by atoms with Crippen LogP contribution in [0.1, 0.15) is 23.6 Å². The molecule has 0 fully saturated rings. The quantitative estimate of drug-likeness (QED) is 0.280. The molecule has 2 aromatic heterocycles. The van der Waals surface area contributed by atoms with Crippen LogP contribution >= 0.6 is 35.6 Å². The Hall–Kier alpha value is -1.41. The molecule has 2 heterocycles. The standard InChI is InChI=1S/C18H24ClN5.HI/c1-3-21-18(22-10-6-15-4-5-17(19)24-13-15)23-11-8-16-7-9-20-12-14(16)2;/h4-5,7,9,12-13H,3,6,8,10-11H2,1-2H3,(H2,21,22,23);1H. The van der Waals surface area contributed by atoms with Crippen LogP contribution in [0.2, 0.25) is 5.15 Å². The Morgan fingerprint density at radius 1 is 1.16 bits per heavy atom. The molecular weight excluding hydrogens is 449 g/mol. The summed E-state index contributed by atoms with van der Waals surface area (Å²) in [6.07, 6.45) is 7.31. The molecule has 0 radical (unpaired) electrons. The van der Waals surface area contributed by atoms with E-state index in [1.165, 1.54) is 11.1 Å². The first-order valence-corrected chi connectivity index (χ1v) is 8.59. The zero-order valence-corrected chi connectivity index (χ0v) is 17.7. The lowest BCUT2D eigenvalue weighted by Gasteiger charge is -2.11. The first-order valence-electron chi connectivity index (χ1n) is 8.21. The number of aromatic nitrogens is 2. The molecule has 0 atom stereocenters. The van der Waals surface area contributed by atoms with Crippen molar-refractivity contribution in [3.05, 3.63) is 58.6 Å². The molecule has 2 N–H and O–H groups in total. The summed E-state index contributed by atoms with van der Waals surface area (Å²) in [5.41, 5.74) is 3.65. The lowest BCUT2D eigenvalue weighted by Crippen LogP contribution is -2.38. The first kappa shape index (κ1) is 21.6. The van der Waals surface area contributed by atoms with Crippen molar-refractivity contribution < 1.29 is 0 Å². The van der Waals surface area contributed by atoms with Gasteiger partial charge < -0.3 is 10.6 Å². The normalized spacial score (nSPS) is 10.9. The van der Waals surface area contributed by atoms with Crippen molar-refractivity contribution >= 4 is 41.5 Å². The minimum Gasteiger partial charge on any atom is -0.357 e. The first-order chi connectivity index (χ1) is 11.7. The van der Waals surface area contributed by atoms with Crippen LogP contribution in [0, 0.1) is 6.92 Å². The van der Waals surface area contributed by atoms with E-state index in [-0.39, 0.29) is 24.0 Å². The summed E-state index contributed by atoms with van der Waals surface area (Å²) in [6, 6.07) is 5.86. The molecule has 2 aromatic rings. The molecular formula is C18H25ClIN5. The Labute approximate surface area is 171 Å². The molecule has 0 spiro atoms. The predicted octanol–water partition coefficient (Wildman–Crippen LogP) is 3.40. The Bertz CT molecular complexity index is 661. The third-order valence-corrected chi connectivity index (χ3v) is 3.85. The summed E-state index contributed by atoms with van der Waals surface area (Å²) in [5.74, 6) is 0.839. The highest BCUT2D eigenvalue weighted by atomic mass is 127. The Morgan fingerprint density at radius 3 is 2.68 bits per heavy atom. The van der Waals surface area contributed by atoms with Gasteiger partial charge in [0, 0.05) is 38.2 Å². The van der Waals surface area contributed by atoms with Crippen molar-refractivity contribution in [3.63, 3.8) is 0 Å². The number of halogens is 2. The van der Waals surface area contributed by atoms with Crippen molar-refractivity contribution in [2.24, 2.45) is 4.99 Å². The van der Waals surface area contributed by atoms with E-state index in [0.29, 0.717) is 5.15 Å². The van der Waals surface area contributed by atoms with Crippen LogP contribution in [0.4, 0.5) is 0 Å². The van der Waals surface area contributed by atoms with Gasteiger partial charge in [0.25, 0.3) is 0 Å². The number of nitrogens with zero attached hydrogens (tertiary/aromatic N) is 3. The van der Waals surface area contributed by atoms with Crippen LogP contribution in [0.15, 0.2) is 41.8 Å². The van der Waals surface area contributed by atoms with Crippen LogP contribution in [-0.2, 0) is 12.8 Å². The number of nitrogens with one attached hydrogen (secondary N) is 2. The third kappa shape index (κ3) is 8.00. The second kappa shape index (κ2) is 12.0. The number of rotatable bonds is 7. The fraction of sp³-hybridized carbons (Fsp3) is 0.389. The Morgan fingerprint density at radius 2 is 2.00 bits per heavy atom. The van der Waals surface area contributed by atoms with Gasteiger partial charge in [0.15, 0.2) is 5.96 Å². The van der Waals surface area contributed by atoms with E-state index in [1.54, 1.807) is 6.20 Å². The molecule has 0 bridgehead atoms. The van der Waals surface area contributed by atoms with E-state index in [2.05, 4.69) is 45.5 Å². The SMILES string of the molecule is CCNC(=NCCc1ccncc1C)NCCc1ccc(Cl)nc1.I. The van der Waals surface area contributed by atoms with Gasteiger partial charge in [-0.15, -0.1) is 24.0 Å². The molecule has 5 nitrogen and oxygen atoms in total. The van der Waals surface area contributed by atoms with E-state index in [9.17, 15) is 0 Å². The number of hydrogen-bond donors (Lipinski definition) is 2. The lowest BCUT2D eigenvalue weighted by atomic mass is 10.1. The molecule has 2 rings (SSSR count). The van der Waals surface area contributed by atoms with Crippen LogP contribution in [-0.4, -0.2) is 35.6 Å². The smallest absolute Gasteiger partial charge is 0.191 e. The maximum Gasteiger partial charge on any atom is 0.191 e. The molecule has 0 saturated heterocycles. The highest BCUT2D eigenvalue weighted by Gasteiger charge is 2.00. The summed E-state index contributed by atoms with van der Waals surface area (Å²) < 4.78 is 0. The minimum atomic E-state index is 0. The Kier molecular flexibility index (Phi) is 10.4. The predicted molar refractivity (Wildman–Crippen MR) is 115 cm³/mol. The number of pyridine rings is 2. The molecule has 0 aliphatic rings. The highest BCUT2D eigenvalue weighted by molar-refractivity contribution is 14.0. The third-order valence-electron chi connectivity index (χ3n) is 3.63. The number of aryl methyl sites for hydroxylation is 1. The molecule has 0 saturated carbocycles. The van der Waals surface area contributed by atoms with E-state index >= 15 is 0 Å². The van der Waals surface area contributed by atoms with Crippen molar-refractivity contribution in [2.45, 2.75) is 26.7 Å². The number of aliphatic imine (C=N–C) groups is 1. The Balaban J connectivity index is 0.00000312. The van der Waals surface area contributed by atoms with E-state index in [1.807, 2.05) is 24.5 Å². The summed E-state index contributed by atoms with van der Waals surface area (Å²) in [4.78, 5) is 12.8. The van der Waals surface area contributed by atoms with Gasteiger partial charge in [0.1, 0.15) is 5.15 Å². The van der Waals surface area contributed by atoms with E-state index in [4.69, 9.17) is 11.6 Å². The van der Waals surface area contributed by atoms with Crippen molar-refractivity contribution in [2.75, 3.05) is 19.6 Å². The lowest BCUT2D eigenvalue weighted by molar-refractivity contribution is 0.794. The second-order valence-electron chi connectivity index (χ2n) is 5.48. The molecule has 0 aromatic carbocycles. The van der Waals surface area contributed by atoms with Crippen LogP contribution < -0.4 is 10.6 Å². The van der Waals surface area contributed by atoms with Gasteiger partial charge in [-0.1, -0.05) is 17.7 Å². The van der Waals surface area contributed by atoms with Gasteiger partial charge in [-0.25, -0.2) is 4.98 Å². The van der Waals surface area contributed by atoms with Gasteiger partial charge in [0.2, 0.25) is 0 Å². The topological polar surface area (TPSA) is 62.2 Å². The summed E-state index contributed by atoms with van der Waals surface area (Å²) in [6.45, 7) is 6.51. The minimum absolute atomic E-state index is 0. The van der Waals surface area contributed by atoms with Crippen molar-refractivity contribution in [3.8, 4) is 0 Å². The van der Waals surface area contributed by atoms with Crippen LogP contribution in [0.5, 0.6) is 0 Å². The maximum atomic E-state index is 5.80.